The molecule has 0 spiro atoms. The van der Waals surface area contributed by atoms with Gasteiger partial charge in [-0.2, -0.15) is 0 Å². The van der Waals surface area contributed by atoms with Crippen molar-refractivity contribution in [2.75, 3.05) is 11.9 Å². The van der Waals surface area contributed by atoms with Crippen LogP contribution in [-0.4, -0.2) is 12.4 Å². The van der Waals surface area contributed by atoms with Gasteiger partial charge in [0.2, 0.25) is 0 Å². The van der Waals surface area contributed by atoms with Gasteiger partial charge in [0.15, 0.2) is 5.78 Å². The molecule has 0 aliphatic heterocycles. The molecule has 0 unspecified atom stereocenters. The summed E-state index contributed by atoms with van der Waals surface area (Å²) in [6.45, 7) is 6.65. The number of anilines is 1. The third kappa shape index (κ3) is 4.22. The van der Waals surface area contributed by atoms with Gasteiger partial charge >= 0.3 is 0 Å². The molecular formula is C19H21NO2. The van der Waals surface area contributed by atoms with Gasteiger partial charge in [0, 0.05) is 23.5 Å². The van der Waals surface area contributed by atoms with E-state index < -0.39 is 0 Å². The van der Waals surface area contributed by atoms with Crippen LogP contribution in [0.15, 0.2) is 54.7 Å². The molecule has 2 aromatic carbocycles. The van der Waals surface area contributed by atoms with E-state index in [1.807, 2.05) is 38.1 Å². The average molecular weight is 295 g/mol. The summed E-state index contributed by atoms with van der Waals surface area (Å²) in [5.74, 6) is 0.733. The molecule has 2 aromatic rings. The molecule has 0 aliphatic carbocycles. The van der Waals surface area contributed by atoms with E-state index in [2.05, 4.69) is 18.3 Å². The van der Waals surface area contributed by atoms with E-state index in [9.17, 15) is 4.79 Å². The summed E-state index contributed by atoms with van der Waals surface area (Å²) in [6, 6.07) is 13.3. The van der Waals surface area contributed by atoms with E-state index in [-0.39, 0.29) is 5.78 Å². The molecule has 0 atom stereocenters. The number of allylic oxidation sites excluding steroid dienone is 1. The third-order valence-corrected chi connectivity index (χ3v) is 3.31. The summed E-state index contributed by atoms with van der Waals surface area (Å²) in [7, 11) is 0. The zero-order chi connectivity index (χ0) is 15.9. The molecule has 0 radical (unpaired) electrons. The Balaban J connectivity index is 1.98. The van der Waals surface area contributed by atoms with Crippen molar-refractivity contribution in [3.05, 3.63) is 71.4 Å². The van der Waals surface area contributed by atoms with Crippen molar-refractivity contribution in [1.29, 1.82) is 0 Å². The molecule has 1 N–H and O–H groups in total. The fourth-order valence-corrected chi connectivity index (χ4v) is 2.16. The topological polar surface area (TPSA) is 38.3 Å². The van der Waals surface area contributed by atoms with Crippen molar-refractivity contribution in [2.24, 2.45) is 0 Å². The van der Waals surface area contributed by atoms with Gasteiger partial charge in [0.05, 0.1) is 6.61 Å². The predicted octanol–water partition coefficient (Wildman–Crippen LogP) is 4.51. The number of rotatable bonds is 6. The molecule has 0 saturated carbocycles. The molecular weight excluding hydrogens is 274 g/mol. The maximum Gasteiger partial charge on any atom is 0.187 e. The number of aryl methyl sites for hydroxylation is 2. The van der Waals surface area contributed by atoms with E-state index in [0.29, 0.717) is 12.2 Å². The number of ketones is 1. The van der Waals surface area contributed by atoms with Crippen LogP contribution in [0.5, 0.6) is 5.75 Å². The second kappa shape index (κ2) is 7.46. The Morgan fingerprint density at radius 2 is 1.86 bits per heavy atom. The van der Waals surface area contributed by atoms with E-state index in [1.54, 1.807) is 18.3 Å². The Bertz CT molecular complexity index is 672. The second-order valence-electron chi connectivity index (χ2n) is 5.12. The lowest BCUT2D eigenvalue weighted by Gasteiger charge is -2.06. The Morgan fingerprint density at radius 1 is 1.14 bits per heavy atom. The SMILES string of the molecule is CCOc1ccc(C(=O)C=CNc2ccc(C)cc2C)cc1. The van der Waals surface area contributed by atoms with Crippen molar-refractivity contribution in [3.8, 4) is 5.75 Å². The van der Waals surface area contributed by atoms with Crippen LogP contribution in [0.2, 0.25) is 0 Å². The lowest BCUT2D eigenvalue weighted by atomic mass is 10.1. The Kier molecular flexibility index (Phi) is 5.37. The molecule has 0 bridgehead atoms. The molecule has 0 heterocycles. The van der Waals surface area contributed by atoms with E-state index in [1.165, 1.54) is 11.6 Å². The number of nitrogens with one attached hydrogen (secondary N) is 1. The van der Waals surface area contributed by atoms with Crippen LogP contribution in [0.4, 0.5) is 5.69 Å². The van der Waals surface area contributed by atoms with Crippen molar-refractivity contribution in [1.82, 2.24) is 0 Å². The number of benzene rings is 2. The highest BCUT2D eigenvalue weighted by Gasteiger charge is 2.02. The average Bonchev–Trinajstić information content (AvgIpc) is 2.50. The molecule has 0 aliphatic rings. The van der Waals surface area contributed by atoms with Gasteiger partial charge in [0.1, 0.15) is 5.75 Å². The lowest BCUT2D eigenvalue weighted by Crippen LogP contribution is -1.98. The van der Waals surface area contributed by atoms with Crippen LogP contribution in [0.25, 0.3) is 0 Å². The Labute approximate surface area is 131 Å². The molecule has 3 nitrogen and oxygen atoms in total. The number of hydrogen-bond acceptors (Lipinski definition) is 3. The summed E-state index contributed by atoms with van der Waals surface area (Å²) < 4.78 is 5.36. The Morgan fingerprint density at radius 3 is 2.50 bits per heavy atom. The fraction of sp³-hybridized carbons (Fsp3) is 0.211. The van der Waals surface area contributed by atoms with Crippen LogP contribution in [0.3, 0.4) is 0 Å². The first-order chi connectivity index (χ1) is 10.6. The predicted molar refractivity (Wildman–Crippen MR) is 90.6 cm³/mol. The third-order valence-electron chi connectivity index (χ3n) is 3.31. The highest BCUT2D eigenvalue weighted by atomic mass is 16.5. The van der Waals surface area contributed by atoms with Crippen molar-refractivity contribution in [2.45, 2.75) is 20.8 Å². The van der Waals surface area contributed by atoms with Gasteiger partial charge in [-0.05, 0) is 56.7 Å². The maximum absolute atomic E-state index is 12.1. The van der Waals surface area contributed by atoms with Gasteiger partial charge in [-0.1, -0.05) is 17.7 Å². The smallest absolute Gasteiger partial charge is 0.187 e. The van der Waals surface area contributed by atoms with Crippen molar-refractivity contribution in [3.63, 3.8) is 0 Å². The largest absolute Gasteiger partial charge is 0.494 e. The molecule has 0 saturated heterocycles. The van der Waals surface area contributed by atoms with Gasteiger partial charge in [-0.3, -0.25) is 4.79 Å². The van der Waals surface area contributed by atoms with E-state index >= 15 is 0 Å². The van der Waals surface area contributed by atoms with Crippen molar-refractivity contribution < 1.29 is 9.53 Å². The molecule has 3 heteroatoms. The first-order valence-corrected chi connectivity index (χ1v) is 7.37. The van der Waals surface area contributed by atoms with Crippen LogP contribution in [-0.2, 0) is 0 Å². The molecule has 2 rings (SSSR count). The van der Waals surface area contributed by atoms with Gasteiger partial charge < -0.3 is 10.1 Å². The molecule has 0 aromatic heterocycles. The second-order valence-corrected chi connectivity index (χ2v) is 5.12. The van der Waals surface area contributed by atoms with Crippen molar-refractivity contribution >= 4 is 11.5 Å². The highest BCUT2D eigenvalue weighted by Crippen LogP contribution is 2.16. The first-order valence-electron chi connectivity index (χ1n) is 7.37. The summed E-state index contributed by atoms with van der Waals surface area (Å²) in [6.07, 6.45) is 3.21. The minimum absolute atomic E-state index is 0.0414. The minimum atomic E-state index is -0.0414. The van der Waals surface area contributed by atoms with Crippen LogP contribution in [0.1, 0.15) is 28.4 Å². The van der Waals surface area contributed by atoms with Crippen LogP contribution in [0, 0.1) is 13.8 Å². The number of hydrogen-bond donors (Lipinski definition) is 1. The summed E-state index contributed by atoms with van der Waals surface area (Å²) in [5.41, 5.74) is 4.01. The summed E-state index contributed by atoms with van der Waals surface area (Å²) >= 11 is 0. The highest BCUT2D eigenvalue weighted by molar-refractivity contribution is 6.04. The van der Waals surface area contributed by atoms with Crippen LogP contribution < -0.4 is 10.1 Å². The molecule has 0 amide bonds. The van der Waals surface area contributed by atoms with Crippen LogP contribution >= 0.6 is 0 Å². The quantitative estimate of drug-likeness (QED) is 0.629. The molecule has 0 fully saturated rings. The first kappa shape index (κ1) is 15.8. The maximum atomic E-state index is 12.1. The summed E-state index contributed by atoms with van der Waals surface area (Å²) in [4.78, 5) is 12.1. The fourth-order valence-electron chi connectivity index (χ4n) is 2.16. The number of ether oxygens (including phenoxy) is 1. The Hall–Kier alpha value is -2.55. The van der Waals surface area contributed by atoms with Gasteiger partial charge in [-0.25, -0.2) is 0 Å². The zero-order valence-corrected chi connectivity index (χ0v) is 13.2. The molecule has 114 valence electrons. The lowest BCUT2D eigenvalue weighted by molar-refractivity contribution is 0.104. The van der Waals surface area contributed by atoms with E-state index in [4.69, 9.17) is 4.74 Å². The normalized spacial score (nSPS) is 10.7. The zero-order valence-electron chi connectivity index (χ0n) is 13.2. The van der Waals surface area contributed by atoms with Gasteiger partial charge in [-0.15, -0.1) is 0 Å². The standard InChI is InChI=1S/C19H21NO2/c1-4-22-17-8-6-16(7-9-17)19(21)11-12-20-18-10-5-14(2)13-15(18)3/h5-13,20H,4H2,1-3H3. The summed E-state index contributed by atoms with van der Waals surface area (Å²) in [5, 5.41) is 3.15. The van der Waals surface area contributed by atoms with E-state index in [0.717, 1.165) is 17.0 Å². The monoisotopic (exact) mass is 295 g/mol. The van der Waals surface area contributed by atoms with Gasteiger partial charge in [0.25, 0.3) is 0 Å². The number of carbonyl (C=O) groups is 1. The minimum Gasteiger partial charge on any atom is -0.494 e. The number of carbonyl (C=O) groups excluding carboxylic acids is 1. The molecule has 22 heavy (non-hydrogen) atoms.